The fourth-order valence-electron chi connectivity index (χ4n) is 1.72. The zero-order valence-electron chi connectivity index (χ0n) is 9.47. The molecule has 2 nitrogen and oxygen atoms in total. The van der Waals surface area contributed by atoms with Crippen molar-refractivity contribution in [2.45, 2.75) is 13.1 Å². The number of alkyl halides is 3. The van der Waals surface area contributed by atoms with Crippen molar-refractivity contribution in [3.8, 4) is 23.5 Å². The highest BCUT2D eigenvalue weighted by molar-refractivity contribution is 5.69. The Morgan fingerprint density at radius 3 is 2.33 bits per heavy atom. The molecule has 0 saturated heterocycles. The van der Waals surface area contributed by atoms with E-state index in [9.17, 15) is 13.2 Å². The number of rotatable bonds is 1. The van der Waals surface area contributed by atoms with E-state index in [0.29, 0.717) is 16.8 Å². The molecule has 92 valence electrons. The quantitative estimate of drug-likeness (QED) is 0.772. The van der Waals surface area contributed by atoms with Crippen LogP contribution in [0.25, 0.3) is 11.1 Å². The third-order valence-corrected chi connectivity index (χ3v) is 2.56. The summed E-state index contributed by atoms with van der Waals surface area (Å²) >= 11 is 0. The number of terminal acetylenes is 1. The van der Waals surface area contributed by atoms with Gasteiger partial charge in [-0.3, -0.25) is 5.10 Å². The molecule has 0 saturated carbocycles. The van der Waals surface area contributed by atoms with Crippen molar-refractivity contribution in [3.63, 3.8) is 0 Å². The van der Waals surface area contributed by atoms with Gasteiger partial charge >= 0.3 is 6.18 Å². The second-order valence-corrected chi connectivity index (χ2v) is 3.79. The lowest BCUT2D eigenvalue weighted by Gasteiger charge is -2.07. The van der Waals surface area contributed by atoms with E-state index in [1.807, 2.05) is 0 Å². The van der Waals surface area contributed by atoms with Gasteiger partial charge in [-0.05, 0) is 24.6 Å². The van der Waals surface area contributed by atoms with Crippen molar-refractivity contribution >= 4 is 0 Å². The van der Waals surface area contributed by atoms with E-state index in [2.05, 4.69) is 16.1 Å². The monoisotopic (exact) mass is 250 g/mol. The number of hydrogen-bond donors (Lipinski definition) is 1. The molecule has 1 aromatic heterocycles. The van der Waals surface area contributed by atoms with Gasteiger partial charge in [0.2, 0.25) is 0 Å². The maximum absolute atomic E-state index is 12.8. The summed E-state index contributed by atoms with van der Waals surface area (Å²) in [6.07, 6.45) is 0.718. The molecule has 0 aliphatic heterocycles. The third kappa shape index (κ3) is 2.09. The third-order valence-electron chi connectivity index (χ3n) is 2.56. The molecule has 0 aliphatic carbocycles. The Bertz CT molecular complexity index is 601. The topological polar surface area (TPSA) is 28.7 Å². The molecule has 18 heavy (non-hydrogen) atoms. The predicted molar refractivity (Wildman–Crippen MR) is 61.7 cm³/mol. The molecule has 0 bridgehead atoms. The van der Waals surface area contributed by atoms with Crippen LogP contribution in [0, 0.1) is 19.3 Å². The van der Waals surface area contributed by atoms with Crippen LogP contribution in [0.5, 0.6) is 0 Å². The molecule has 0 spiro atoms. The van der Waals surface area contributed by atoms with Crippen molar-refractivity contribution in [3.05, 3.63) is 41.2 Å². The molecule has 2 aromatic rings. The Hall–Kier alpha value is -2.22. The number of aromatic amines is 1. The van der Waals surface area contributed by atoms with Crippen molar-refractivity contribution in [1.82, 2.24) is 10.2 Å². The summed E-state index contributed by atoms with van der Waals surface area (Å²) in [5, 5.41) is 5.68. The standard InChI is InChI=1S/C13H9F3N2/c1-3-9-4-6-10(7-5-9)11-8(2)17-18-12(11)13(14,15)16/h1,4-7H,2H3,(H,17,18). The van der Waals surface area contributed by atoms with Crippen LogP contribution < -0.4 is 0 Å². The average Bonchev–Trinajstić information content (AvgIpc) is 2.71. The highest BCUT2D eigenvalue weighted by Gasteiger charge is 2.37. The van der Waals surface area contributed by atoms with Gasteiger partial charge in [0.15, 0.2) is 5.69 Å². The van der Waals surface area contributed by atoms with Crippen LogP contribution in [0.15, 0.2) is 24.3 Å². The van der Waals surface area contributed by atoms with Gasteiger partial charge in [-0.25, -0.2) is 0 Å². The summed E-state index contributed by atoms with van der Waals surface area (Å²) in [6.45, 7) is 1.55. The number of aryl methyl sites for hydroxylation is 1. The van der Waals surface area contributed by atoms with Gasteiger partial charge < -0.3 is 0 Å². The Morgan fingerprint density at radius 2 is 1.83 bits per heavy atom. The van der Waals surface area contributed by atoms with Gasteiger partial charge in [-0.15, -0.1) is 6.42 Å². The number of aromatic nitrogens is 2. The van der Waals surface area contributed by atoms with Crippen LogP contribution in [-0.4, -0.2) is 10.2 Å². The number of nitrogens with one attached hydrogen (secondary N) is 1. The van der Waals surface area contributed by atoms with E-state index in [0.717, 1.165) is 0 Å². The minimum absolute atomic E-state index is 0.0612. The van der Waals surface area contributed by atoms with Crippen molar-refractivity contribution in [2.24, 2.45) is 0 Å². The summed E-state index contributed by atoms with van der Waals surface area (Å²) in [4.78, 5) is 0. The molecule has 0 amide bonds. The van der Waals surface area contributed by atoms with Gasteiger partial charge in [-0.1, -0.05) is 18.1 Å². The normalized spacial score (nSPS) is 11.3. The predicted octanol–water partition coefficient (Wildman–Crippen LogP) is 3.39. The van der Waals surface area contributed by atoms with E-state index < -0.39 is 11.9 Å². The molecule has 1 N–H and O–H groups in total. The van der Waals surface area contributed by atoms with Crippen LogP contribution in [0.1, 0.15) is 17.0 Å². The Kier molecular flexibility index (Phi) is 2.87. The molecule has 0 unspecified atom stereocenters. The number of benzene rings is 1. The summed E-state index contributed by atoms with van der Waals surface area (Å²) in [5.74, 6) is 2.41. The molecule has 0 aliphatic rings. The highest BCUT2D eigenvalue weighted by atomic mass is 19.4. The molecule has 5 heteroatoms. The van der Waals surface area contributed by atoms with Crippen molar-refractivity contribution in [1.29, 1.82) is 0 Å². The maximum Gasteiger partial charge on any atom is 0.435 e. The Morgan fingerprint density at radius 1 is 1.22 bits per heavy atom. The van der Waals surface area contributed by atoms with E-state index in [1.165, 1.54) is 0 Å². The first kappa shape index (κ1) is 12.2. The first-order chi connectivity index (χ1) is 8.43. The molecular weight excluding hydrogens is 241 g/mol. The first-order valence-corrected chi connectivity index (χ1v) is 5.12. The number of H-pyrrole nitrogens is 1. The molecule has 1 heterocycles. The largest absolute Gasteiger partial charge is 0.435 e. The summed E-state index contributed by atoms with van der Waals surface area (Å²) in [7, 11) is 0. The van der Waals surface area contributed by atoms with Crippen LogP contribution in [-0.2, 0) is 6.18 Å². The second-order valence-electron chi connectivity index (χ2n) is 3.79. The minimum Gasteiger partial charge on any atom is -0.282 e. The summed E-state index contributed by atoms with van der Waals surface area (Å²) < 4.78 is 38.3. The van der Waals surface area contributed by atoms with Crippen LogP contribution in [0.2, 0.25) is 0 Å². The Balaban J connectivity index is 2.57. The number of nitrogens with zero attached hydrogens (tertiary/aromatic N) is 1. The zero-order chi connectivity index (χ0) is 13.3. The molecular formula is C13H9F3N2. The maximum atomic E-state index is 12.8. The van der Waals surface area contributed by atoms with Gasteiger partial charge in [0, 0.05) is 16.8 Å². The van der Waals surface area contributed by atoms with Crippen LogP contribution in [0.4, 0.5) is 13.2 Å². The number of halogens is 3. The van der Waals surface area contributed by atoms with E-state index in [1.54, 1.807) is 31.2 Å². The lowest BCUT2D eigenvalue weighted by Crippen LogP contribution is -2.07. The second kappa shape index (κ2) is 4.22. The molecule has 0 fully saturated rings. The van der Waals surface area contributed by atoms with Gasteiger partial charge in [-0.2, -0.15) is 18.3 Å². The average molecular weight is 250 g/mol. The van der Waals surface area contributed by atoms with E-state index >= 15 is 0 Å². The molecule has 0 radical (unpaired) electrons. The summed E-state index contributed by atoms with van der Waals surface area (Å²) in [6, 6.07) is 6.31. The van der Waals surface area contributed by atoms with E-state index in [-0.39, 0.29) is 5.56 Å². The lowest BCUT2D eigenvalue weighted by atomic mass is 10.0. The molecule has 2 rings (SSSR count). The smallest absolute Gasteiger partial charge is 0.282 e. The van der Waals surface area contributed by atoms with E-state index in [4.69, 9.17) is 6.42 Å². The van der Waals surface area contributed by atoms with Gasteiger partial charge in [0.05, 0.1) is 0 Å². The van der Waals surface area contributed by atoms with Crippen LogP contribution in [0.3, 0.4) is 0 Å². The molecule has 0 atom stereocenters. The van der Waals surface area contributed by atoms with Crippen molar-refractivity contribution in [2.75, 3.05) is 0 Å². The summed E-state index contributed by atoms with van der Waals surface area (Å²) in [5.41, 5.74) is 0.580. The van der Waals surface area contributed by atoms with Crippen LogP contribution >= 0.6 is 0 Å². The SMILES string of the molecule is C#Cc1ccc(-c2c(C(F)(F)F)n[nH]c2C)cc1. The van der Waals surface area contributed by atoms with Crippen molar-refractivity contribution < 1.29 is 13.2 Å². The minimum atomic E-state index is -4.48. The fourth-order valence-corrected chi connectivity index (χ4v) is 1.72. The van der Waals surface area contributed by atoms with Gasteiger partial charge in [0.1, 0.15) is 0 Å². The highest BCUT2D eigenvalue weighted by Crippen LogP contribution is 2.37. The van der Waals surface area contributed by atoms with Gasteiger partial charge in [0.25, 0.3) is 0 Å². The first-order valence-electron chi connectivity index (χ1n) is 5.12. The Labute approximate surface area is 102 Å². The fraction of sp³-hybridized carbons (Fsp3) is 0.154. The lowest BCUT2D eigenvalue weighted by molar-refractivity contribution is -0.140. The molecule has 1 aromatic carbocycles. The number of hydrogen-bond acceptors (Lipinski definition) is 1. The zero-order valence-corrected chi connectivity index (χ0v) is 9.47.